The molecule has 0 radical (unpaired) electrons. The van der Waals surface area contributed by atoms with Crippen LogP contribution in [0, 0.1) is 0 Å². The van der Waals surface area contributed by atoms with Crippen molar-refractivity contribution in [3.63, 3.8) is 0 Å². The quantitative estimate of drug-likeness (QED) is 0.922. The highest BCUT2D eigenvalue weighted by Gasteiger charge is 2.06. The first-order valence-corrected chi connectivity index (χ1v) is 5.49. The summed E-state index contributed by atoms with van der Waals surface area (Å²) in [6.07, 6.45) is 1.78. The molecule has 1 aromatic heterocycles. The molecule has 0 fully saturated rings. The Morgan fingerprint density at radius 3 is 2.87 bits per heavy atom. The van der Waals surface area contributed by atoms with Crippen LogP contribution in [0.1, 0.15) is 5.69 Å². The van der Waals surface area contributed by atoms with Crippen molar-refractivity contribution in [2.24, 2.45) is 0 Å². The molecule has 0 amide bonds. The van der Waals surface area contributed by atoms with Crippen LogP contribution in [0.4, 0.5) is 0 Å². The van der Waals surface area contributed by atoms with Crippen LogP contribution in [0.2, 0.25) is 5.02 Å². The fourth-order valence-electron chi connectivity index (χ4n) is 1.25. The van der Waals surface area contributed by atoms with Gasteiger partial charge in [-0.3, -0.25) is 0 Å². The second kappa shape index (κ2) is 4.35. The minimum absolute atomic E-state index is 0.0643. The Morgan fingerprint density at radius 1 is 1.40 bits per heavy atom. The Labute approximate surface area is 100 Å². The highest BCUT2D eigenvalue weighted by atomic mass is 79.9. The normalized spacial score (nSPS) is 10.6. The Morgan fingerprint density at radius 2 is 2.20 bits per heavy atom. The standard InChI is InChI=1S/C10H8BrClN2O/c11-10-8(12)2-1-3-9(10)14-5-4-7(6-15)13-14/h1-5,15H,6H2. The molecule has 1 heterocycles. The molecule has 0 aliphatic heterocycles. The van der Waals surface area contributed by atoms with Crippen LogP contribution in [0.3, 0.4) is 0 Å². The summed E-state index contributed by atoms with van der Waals surface area (Å²) < 4.78 is 2.46. The fourth-order valence-corrected chi connectivity index (χ4v) is 1.87. The zero-order valence-electron chi connectivity index (χ0n) is 7.69. The van der Waals surface area contributed by atoms with Gasteiger partial charge in [-0.1, -0.05) is 17.7 Å². The predicted molar refractivity (Wildman–Crippen MR) is 62.2 cm³/mol. The Balaban J connectivity index is 2.49. The molecule has 0 aliphatic carbocycles. The van der Waals surface area contributed by atoms with E-state index < -0.39 is 0 Å². The number of hydrogen-bond acceptors (Lipinski definition) is 2. The molecule has 1 aromatic carbocycles. The van der Waals surface area contributed by atoms with Crippen molar-refractivity contribution in [3.05, 3.63) is 45.7 Å². The number of halogens is 2. The van der Waals surface area contributed by atoms with E-state index >= 15 is 0 Å². The maximum absolute atomic E-state index is 8.91. The molecule has 0 spiro atoms. The van der Waals surface area contributed by atoms with E-state index in [1.807, 2.05) is 12.1 Å². The first-order chi connectivity index (χ1) is 7.22. The lowest BCUT2D eigenvalue weighted by atomic mass is 10.3. The summed E-state index contributed by atoms with van der Waals surface area (Å²) >= 11 is 9.36. The van der Waals surface area contributed by atoms with E-state index in [0.29, 0.717) is 10.7 Å². The van der Waals surface area contributed by atoms with Gasteiger partial charge < -0.3 is 5.11 Å². The molecule has 78 valence electrons. The molecule has 0 bridgehead atoms. The molecule has 0 unspecified atom stereocenters. The third-order valence-electron chi connectivity index (χ3n) is 1.98. The number of hydrogen-bond donors (Lipinski definition) is 1. The van der Waals surface area contributed by atoms with Crippen molar-refractivity contribution in [1.29, 1.82) is 0 Å². The molecule has 3 nitrogen and oxygen atoms in total. The highest BCUT2D eigenvalue weighted by molar-refractivity contribution is 9.10. The first kappa shape index (κ1) is 10.7. The van der Waals surface area contributed by atoms with Crippen LogP contribution in [-0.2, 0) is 6.61 Å². The number of benzene rings is 1. The van der Waals surface area contributed by atoms with Crippen LogP contribution in [-0.4, -0.2) is 14.9 Å². The highest BCUT2D eigenvalue weighted by Crippen LogP contribution is 2.28. The van der Waals surface area contributed by atoms with Gasteiger partial charge >= 0.3 is 0 Å². The van der Waals surface area contributed by atoms with Gasteiger partial charge in [0.2, 0.25) is 0 Å². The van der Waals surface area contributed by atoms with Gasteiger partial charge in [0.1, 0.15) is 0 Å². The minimum atomic E-state index is -0.0643. The van der Waals surface area contributed by atoms with Crippen LogP contribution < -0.4 is 0 Å². The average molecular weight is 288 g/mol. The fraction of sp³-hybridized carbons (Fsp3) is 0.100. The van der Waals surface area contributed by atoms with Gasteiger partial charge in [0.05, 0.1) is 27.5 Å². The van der Waals surface area contributed by atoms with Crippen LogP contribution in [0.25, 0.3) is 5.69 Å². The van der Waals surface area contributed by atoms with E-state index in [1.54, 1.807) is 23.0 Å². The lowest BCUT2D eigenvalue weighted by Crippen LogP contribution is -1.97. The van der Waals surface area contributed by atoms with Gasteiger partial charge in [-0.15, -0.1) is 0 Å². The van der Waals surface area contributed by atoms with Crippen LogP contribution >= 0.6 is 27.5 Å². The first-order valence-electron chi connectivity index (χ1n) is 4.32. The van der Waals surface area contributed by atoms with Crippen molar-refractivity contribution in [2.45, 2.75) is 6.61 Å². The lowest BCUT2D eigenvalue weighted by Gasteiger charge is -2.05. The molecular weight excluding hydrogens is 279 g/mol. The summed E-state index contributed by atoms with van der Waals surface area (Å²) in [5.41, 5.74) is 1.48. The Kier molecular flexibility index (Phi) is 3.09. The number of aromatic nitrogens is 2. The summed E-state index contributed by atoms with van der Waals surface area (Å²) in [6, 6.07) is 7.30. The second-order valence-electron chi connectivity index (χ2n) is 2.98. The van der Waals surface area contributed by atoms with Gasteiger partial charge in [0.15, 0.2) is 0 Å². The predicted octanol–water partition coefficient (Wildman–Crippen LogP) is 2.78. The molecule has 5 heteroatoms. The van der Waals surface area contributed by atoms with Crippen molar-refractivity contribution in [1.82, 2.24) is 9.78 Å². The molecule has 1 N–H and O–H groups in total. The molecule has 0 aliphatic rings. The average Bonchev–Trinajstić information content (AvgIpc) is 2.70. The largest absolute Gasteiger partial charge is 0.390 e. The molecular formula is C10H8BrClN2O. The summed E-state index contributed by atoms with van der Waals surface area (Å²) in [5, 5.41) is 13.7. The van der Waals surface area contributed by atoms with E-state index in [-0.39, 0.29) is 6.61 Å². The molecule has 15 heavy (non-hydrogen) atoms. The molecule has 2 rings (SSSR count). The van der Waals surface area contributed by atoms with Crippen molar-refractivity contribution >= 4 is 27.5 Å². The second-order valence-corrected chi connectivity index (χ2v) is 4.18. The smallest absolute Gasteiger partial charge is 0.0883 e. The SMILES string of the molecule is OCc1ccn(-c2cccc(Cl)c2Br)n1. The number of aliphatic hydroxyl groups excluding tert-OH is 1. The monoisotopic (exact) mass is 286 g/mol. The van der Waals surface area contributed by atoms with Gasteiger partial charge in [-0.05, 0) is 34.1 Å². The van der Waals surface area contributed by atoms with Gasteiger partial charge in [-0.2, -0.15) is 5.10 Å². The maximum atomic E-state index is 8.91. The third-order valence-corrected chi connectivity index (χ3v) is 3.36. The number of nitrogens with zero attached hydrogens (tertiary/aromatic N) is 2. The summed E-state index contributed by atoms with van der Waals surface area (Å²) in [6.45, 7) is -0.0643. The molecule has 2 aromatic rings. The van der Waals surface area contributed by atoms with Crippen LogP contribution in [0.15, 0.2) is 34.9 Å². The number of rotatable bonds is 2. The zero-order valence-corrected chi connectivity index (χ0v) is 10.0. The molecule has 0 saturated carbocycles. The van der Waals surface area contributed by atoms with Gasteiger partial charge in [0.25, 0.3) is 0 Å². The Bertz CT molecular complexity index is 484. The summed E-state index contributed by atoms with van der Waals surface area (Å²) in [7, 11) is 0. The third kappa shape index (κ3) is 2.07. The van der Waals surface area contributed by atoms with E-state index in [4.69, 9.17) is 16.7 Å². The number of aliphatic hydroxyl groups is 1. The van der Waals surface area contributed by atoms with Gasteiger partial charge in [-0.25, -0.2) is 4.68 Å². The Hall–Kier alpha value is -0.840. The van der Waals surface area contributed by atoms with E-state index in [0.717, 1.165) is 10.2 Å². The van der Waals surface area contributed by atoms with Gasteiger partial charge in [0, 0.05) is 6.20 Å². The molecule has 0 saturated heterocycles. The topological polar surface area (TPSA) is 38.0 Å². The van der Waals surface area contributed by atoms with Crippen LogP contribution in [0.5, 0.6) is 0 Å². The summed E-state index contributed by atoms with van der Waals surface area (Å²) in [4.78, 5) is 0. The lowest BCUT2D eigenvalue weighted by molar-refractivity contribution is 0.276. The minimum Gasteiger partial charge on any atom is -0.390 e. The van der Waals surface area contributed by atoms with E-state index in [2.05, 4.69) is 21.0 Å². The zero-order chi connectivity index (χ0) is 10.8. The summed E-state index contributed by atoms with van der Waals surface area (Å²) in [5.74, 6) is 0. The van der Waals surface area contributed by atoms with Crippen molar-refractivity contribution in [2.75, 3.05) is 0 Å². The van der Waals surface area contributed by atoms with Crippen molar-refractivity contribution in [3.8, 4) is 5.69 Å². The van der Waals surface area contributed by atoms with E-state index in [1.165, 1.54) is 0 Å². The van der Waals surface area contributed by atoms with Crippen molar-refractivity contribution < 1.29 is 5.11 Å². The van der Waals surface area contributed by atoms with E-state index in [9.17, 15) is 0 Å². The molecule has 0 atom stereocenters. The maximum Gasteiger partial charge on any atom is 0.0883 e.